The van der Waals surface area contributed by atoms with Gasteiger partial charge >= 0.3 is 55.8 Å². The fraction of sp³-hybridized carbons (Fsp3) is 0. The molecule has 0 bridgehead atoms. The van der Waals surface area contributed by atoms with Crippen LogP contribution in [0.1, 0.15) is 0 Å². The van der Waals surface area contributed by atoms with Crippen LogP contribution in [0.25, 0.3) is 0 Å². The van der Waals surface area contributed by atoms with Crippen LogP contribution in [-0.4, -0.2) is 58.5 Å². The molecule has 0 spiro atoms. The van der Waals surface area contributed by atoms with Gasteiger partial charge in [-0.15, -0.1) is 0 Å². The molecule has 0 aliphatic carbocycles. The van der Waals surface area contributed by atoms with Crippen molar-refractivity contribution in [3.05, 3.63) is 0 Å². The minimum atomic E-state index is -4.17. The van der Waals surface area contributed by atoms with Crippen LogP contribution < -0.4 is 5.14 Å². The van der Waals surface area contributed by atoms with Crippen molar-refractivity contribution < 1.29 is 13.0 Å². The summed E-state index contributed by atoms with van der Waals surface area (Å²) in [5, 5.41) is 3.88. The molecule has 0 unspecified atom stereocenters. The topological polar surface area (TPSA) is 80.4 Å². The zero-order valence-corrected chi connectivity index (χ0v) is 3.07. The van der Waals surface area contributed by atoms with Crippen molar-refractivity contribution in [3.8, 4) is 0 Å². The van der Waals surface area contributed by atoms with Gasteiger partial charge in [-0.2, -0.15) is 8.42 Å². The van der Waals surface area contributed by atoms with Crippen LogP contribution in [0.5, 0.6) is 0 Å². The van der Waals surface area contributed by atoms with E-state index in [1.165, 1.54) is 0 Å². The Morgan fingerprint density at radius 2 is 1.50 bits per heavy atom. The summed E-state index contributed by atoms with van der Waals surface area (Å²) in [5.41, 5.74) is 0. The quantitative estimate of drug-likeness (QED) is 0.334. The molecule has 0 atom stereocenters. The second-order valence-corrected chi connectivity index (χ2v) is 1.54. The maximum atomic E-state index is 8.97. The van der Waals surface area contributed by atoms with Crippen molar-refractivity contribution >= 4 is 55.8 Å². The molecule has 0 amide bonds. The van der Waals surface area contributed by atoms with E-state index in [9.17, 15) is 0 Å². The van der Waals surface area contributed by atoms with E-state index in [0.29, 0.717) is 0 Å². The van der Waals surface area contributed by atoms with Crippen LogP contribution in [0.2, 0.25) is 0 Å². The van der Waals surface area contributed by atoms with Crippen molar-refractivity contribution in [2.45, 2.75) is 0 Å². The molecule has 0 saturated carbocycles. The van der Waals surface area contributed by atoms with Gasteiger partial charge in [0.15, 0.2) is 0 Å². The van der Waals surface area contributed by atoms with Gasteiger partial charge < -0.3 is 0 Å². The predicted octanol–water partition coefficient (Wildman–Crippen LogP) is -2.17. The molecular weight excluding hydrogens is 182 g/mol. The summed E-state index contributed by atoms with van der Waals surface area (Å²) in [6.07, 6.45) is 0. The van der Waals surface area contributed by atoms with E-state index in [0.717, 1.165) is 0 Å². The Morgan fingerprint density at radius 3 is 1.50 bits per heavy atom. The van der Waals surface area contributed by atoms with E-state index in [1.54, 1.807) is 0 Å². The summed E-state index contributed by atoms with van der Waals surface area (Å²) in [5.74, 6) is 0. The summed E-state index contributed by atoms with van der Waals surface area (Å²) in [4.78, 5) is 0. The third-order valence-electron chi connectivity index (χ3n) is 0. The van der Waals surface area contributed by atoms with Crippen LogP contribution in [0, 0.1) is 0 Å². The Balaban J connectivity index is 0. The van der Waals surface area contributed by atoms with E-state index in [-0.39, 0.29) is 45.5 Å². The zero-order chi connectivity index (χ0) is 4.50. The Morgan fingerprint density at radius 1 is 1.50 bits per heavy atom. The van der Waals surface area contributed by atoms with E-state index >= 15 is 0 Å². The molecule has 0 radical (unpaired) electrons. The van der Waals surface area contributed by atoms with Crippen molar-refractivity contribution in [2.24, 2.45) is 5.14 Å². The molecule has 6 heavy (non-hydrogen) atoms. The molecule has 0 aliphatic heterocycles. The first-order chi connectivity index (χ1) is 2.00. The second kappa shape index (κ2) is 3.36. The van der Waals surface area contributed by atoms with E-state index in [1.807, 2.05) is 0 Å². The summed E-state index contributed by atoms with van der Waals surface area (Å²) in [6, 6.07) is 0. The van der Waals surface area contributed by atoms with Gasteiger partial charge in [-0.1, -0.05) is 0 Å². The molecule has 0 aromatic heterocycles. The van der Waals surface area contributed by atoms with Crippen molar-refractivity contribution in [2.75, 3.05) is 0 Å². The Hall–Kier alpha value is 1.35. The average molecular weight is 187 g/mol. The second-order valence-electron chi connectivity index (χ2n) is 0.515. The molecule has 4 nitrogen and oxygen atoms in total. The fourth-order valence-electron chi connectivity index (χ4n) is 0. The number of hydrogen-bond acceptors (Lipinski definition) is 2. The number of hydrogen-bond donors (Lipinski definition) is 2. The van der Waals surface area contributed by atoms with E-state index in [2.05, 4.69) is 5.14 Å². The first-order valence-electron chi connectivity index (χ1n) is 0.752. The minimum absolute atomic E-state index is 0. The average Bonchev–Trinajstić information content (AvgIpc) is 0.722. The van der Waals surface area contributed by atoms with Crippen LogP contribution >= 0.6 is 0 Å². The standard InChI is InChI=1S/H3NO3S.Sr.2H/c1-5(2,3)4;;;/h(H3,1,2,3,4);;;. The molecule has 36 valence electrons. The molecule has 6 heteroatoms. The van der Waals surface area contributed by atoms with Gasteiger partial charge in [0, 0.05) is 0 Å². The van der Waals surface area contributed by atoms with Crippen molar-refractivity contribution in [1.29, 1.82) is 0 Å². The molecule has 0 heterocycles. The zero-order valence-electron chi connectivity index (χ0n) is 2.25. The summed E-state index contributed by atoms with van der Waals surface area (Å²) < 4.78 is 25.2. The van der Waals surface area contributed by atoms with Crippen LogP contribution in [0.15, 0.2) is 0 Å². The Bertz CT molecular complexity index is 94.0. The first-order valence-corrected chi connectivity index (χ1v) is 2.25. The number of rotatable bonds is 0. The summed E-state index contributed by atoms with van der Waals surface area (Å²) >= 11 is 0. The van der Waals surface area contributed by atoms with Crippen LogP contribution in [0.3, 0.4) is 0 Å². The third kappa shape index (κ3) is 55.5. The van der Waals surface area contributed by atoms with E-state index < -0.39 is 10.3 Å². The maximum absolute atomic E-state index is 8.97. The SMILES string of the molecule is NS(=O)(=O)O.[SrH2]. The monoisotopic (exact) mass is 187 g/mol. The number of nitrogens with two attached hydrogens (primary N) is 1. The molecule has 0 aromatic carbocycles. The van der Waals surface area contributed by atoms with Gasteiger partial charge in [0.05, 0.1) is 0 Å². The summed E-state index contributed by atoms with van der Waals surface area (Å²) in [6.45, 7) is 0. The van der Waals surface area contributed by atoms with Crippen LogP contribution in [-0.2, 0) is 10.3 Å². The normalized spacial score (nSPS) is 9.67. The van der Waals surface area contributed by atoms with Gasteiger partial charge in [0.25, 0.3) is 0 Å². The van der Waals surface area contributed by atoms with E-state index in [4.69, 9.17) is 13.0 Å². The Kier molecular flexibility index (Phi) is 5.81. The molecular formula is H5NO3SSr. The van der Waals surface area contributed by atoms with Crippen molar-refractivity contribution in [1.82, 2.24) is 0 Å². The van der Waals surface area contributed by atoms with Gasteiger partial charge in [-0.3, -0.25) is 4.55 Å². The van der Waals surface area contributed by atoms with Gasteiger partial charge in [0.2, 0.25) is 0 Å². The molecule has 0 aliphatic rings. The molecule has 0 rings (SSSR count). The molecule has 3 N–H and O–H groups in total. The fourth-order valence-corrected chi connectivity index (χ4v) is 0. The van der Waals surface area contributed by atoms with Gasteiger partial charge in [0.1, 0.15) is 0 Å². The van der Waals surface area contributed by atoms with Gasteiger partial charge in [-0.05, 0) is 0 Å². The van der Waals surface area contributed by atoms with Gasteiger partial charge in [-0.25, -0.2) is 5.14 Å². The van der Waals surface area contributed by atoms with Crippen molar-refractivity contribution in [3.63, 3.8) is 0 Å². The van der Waals surface area contributed by atoms with Crippen LogP contribution in [0.4, 0.5) is 0 Å². The molecule has 0 aromatic rings. The first kappa shape index (κ1) is 10.4. The Labute approximate surface area is 72.9 Å². The molecule has 0 saturated heterocycles. The predicted molar refractivity (Wildman–Crippen MR) is 24.3 cm³/mol. The summed E-state index contributed by atoms with van der Waals surface area (Å²) in [7, 11) is -4.17. The third-order valence-corrected chi connectivity index (χ3v) is 0. The molecule has 0 fully saturated rings.